The molecular formula is C21H30O3. The van der Waals surface area contributed by atoms with Crippen molar-refractivity contribution >= 4 is 11.8 Å². The predicted octanol–water partition coefficient (Wildman–Crippen LogP) is 4.45. The van der Waals surface area contributed by atoms with Gasteiger partial charge in [0.2, 0.25) is 0 Å². The molecule has 0 heterocycles. The van der Waals surface area contributed by atoms with Crippen molar-refractivity contribution in [1.29, 1.82) is 0 Å². The summed E-state index contributed by atoms with van der Waals surface area (Å²) in [6, 6.07) is 0. The molecule has 0 saturated heterocycles. The molecule has 0 aromatic rings. The van der Waals surface area contributed by atoms with E-state index in [4.69, 9.17) is 4.74 Å². The van der Waals surface area contributed by atoms with Crippen LogP contribution in [-0.4, -0.2) is 17.9 Å². The minimum absolute atomic E-state index is 0.0438. The molecule has 0 N–H and O–H groups in total. The van der Waals surface area contributed by atoms with E-state index in [2.05, 4.69) is 19.9 Å². The zero-order chi connectivity index (χ0) is 17.1. The highest BCUT2D eigenvalue weighted by molar-refractivity contribution is 5.87. The number of hydrogen-bond donors (Lipinski definition) is 0. The van der Waals surface area contributed by atoms with Crippen molar-refractivity contribution in [2.75, 3.05) is 0 Å². The van der Waals surface area contributed by atoms with Crippen molar-refractivity contribution in [3.63, 3.8) is 0 Å². The molecule has 3 nitrogen and oxygen atoms in total. The Morgan fingerprint density at radius 1 is 1.12 bits per heavy atom. The Balaban J connectivity index is 1.60. The number of allylic oxidation sites excluding steroid dienone is 1. The molecule has 0 aromatic carbocycles. The van der Waals surface area contributed by atoms with Crippen LogP contribution in [0.1, 0.15) is 72.1 Å². The molecule has 4 aliphatic carbocycles. The van der Waals surface area contributed by atoms with Gasteiger partial charge < -0.3 is 4.74 Å². The summed E-state index contributed by atoms with van der Waals surface area (Å²) in [7, 11) is 0. The minimum Gasteiger partial charge on any atom is -0.462 e. The Hall–Kier alpha value is -1.12. The quantitative estimate of drug-likeness (QED) is 0.527. The number of ketones is 1. The van der Waals surface area contributed by atoms with E-state index in [-0.39, 0.29) is 22.9 Å². The second-order valence-corrected chi connectivity index (χ2v) is 9.15. The van der Waals surface area contributed by atoms with E-state index in [9.17, 15) is 9.59 Å². The van der Waals surface area contributed by atoms with Crippen molar-refractivity contribution < 1.29 is 14.3 Å². The molecule has 0 unspecified atom stereocenters. The molecule has 132 valence electrons. The molecule has 3 saturated carbocycles. The molecule has 3 fully saturated rings. The summed E-state index contributed by atoms with van der Waals surface area (Å²) < 4.78 is 5.50. The van der Waals surface area contributed by atoms with Crippen LogP contribution in [0.25, 0.3) is 0 Å². The third-order valence-corrected chi connectivity index (χ3v) is 8.10. The maximum absolute atomic E-state index is 12.4. The molecular weight excluding hydrogens is 300 g/mol. The van der Waals surface area contributed by atoms with Crippen molar-refractivity contribution in [3.8, 4) is 0 Å². The Kier molecular flexibility index (Phi) is 3.71. The van der Waals surface area contributed by atoms with E-state index in [1.54, 1.807) is 0 Å². The number of hydrogen-bond acceptors (Lipinski definition) is 3. The van der Waals surface area contributed by atoms with Crippen LogP contribution in [0.2, 0.25) is 0 Å². The van der Waals surface area contributed by atoms with Crippen molar-refractivity contribution in [2.24, 2.45) is 28.6 Å². The van der Waals surface area contributed by atoms with Gasteiger partial charge in [0, 0.05) is 25.2 Å². The fraction of sp³-hybridized carbons (Fsp3) is 0.810. The molecule has 4 rings (SSSR count). The summed E-state index contributed by atoms with van der Waals surface area (Å²) in [6.07, 6.45) is 10.8. The van der Waals surface area contributed by atoms with Crippen molar-refractivity contribution in [1.82, 2.24) is 0 Å². The number of esters is 1. The van der Waals surface area contributed by atoms with E-state index in [0.717, 1.165) is 44.9 Å². The Bertz CT molecular complexity index is 606. The average Bonchev–Trinajstić information content (AvgIpc) is 2.83. The molecule has 24 heavy (non-hydrogen) atoms. The first-order valence-electron chi connectivity index (χ1n) is 9.74. The number of fused-ring (bicyclic) bond motifs is 5. The molecule has 6 atom stereocenters. The van der Waals surface area contributed by atoms with Crippen molar-refractivity contribution in [2.45, 2.75) is 78.2 Å². The molecule has 0 aliphatic heterocycles. The van der Waals surface area contributed by atoms with Crippen LogP contribution in [0.5, 0.6) is 0 Å². The summed E-state index contributed by atoms with van der Waals surface area (Å²) >= 11 is 0. The zero-order valence-electron chi connectivity index (χ0n) is 15.3. The maximum atomic E-state index is 12.4. The molecule has 4 aliphatic rings. The SMILES string of the molecule is CC(=O)O[C@@H]1CC[C@]2(C)C(=CC[C@@H]3[C@H]4CCC(=O)[C@]4(C)CC[C@H]32)C1. The Morgan fingerprint density at radius 2 is 1.83 bits per heavy atom. The lowest BCUT2D eigenvalue weighted by Crippen LogP contribution is -2.50. The molecule has 0 aromatic heterocycles. The van der Waals surface area contributed by atoms with E-state index in [1.807, 2.05) is 0 Å². The molecule has 0 spiro atoms. The summed E-state index contributed by atoms with van der Waals surface area (Å²) in [5.74, 6) is 2.33. The van der Waals surface area contributed by atoms with Gasteiger partial charge in [-0.2, -0.15) is 0 Å². The highest BCUT2D eigenvalue weighted by Crippen LogP contribution is 2.64. The first kappa shape index (κ1) is 16.4. The lowest BCUT2D eigenvalue weighted by Gasteiger charge is -2.56. The maximum Gasteiger partial charge on any atom is 0.302 e. The van der Waals surface area contributed by atoms with Crippen LogP contribution in [-0.2, 0) is 14.3 Å². The topological polar surface area (TPSA) is 43.4 Å². The number of Topliss-reactive ketones (excluding diaryl/α,β-unsaturated/α-hetero) is 1. The zero-order valence-corrected chi connectivity index (χ0v) is 15.3. The van der Waals surface area contributed by atoms with E-state index in [0.29, 0.717) is 23.5 Å². The second kappa shape index (κ2) is 5.44. The first-order valence-corrected chi connectivity index (χ1v) is 9.74. The van der Waals surface area contributed by atoms with Crippen LogP contribution in [0.3, 0.4) is 0 Å². The van der Waals surface area contributed by atoms with E-state index >= 15 is 0 Å². The van der Waals surface area contributed by atoms with Crippen LogP contribution < -0.4 is 0 Å². The summed E-state index contributed by atoms with van der Waals surface area (Å²) in [5, 5.41) is 0. The monoisotopic (exact) mass is 330 g/mol. The molecule has 3 heteroatoms. The molecule has 0 radical (unpaired) electrons. The van der Waals surface area contributed by atoms with Gasteiger partial charge in [-0.25, -0.2) is 0 Å². The third kappa shape index (κ3) is 2.23. The average molecular weight is 330 g/mol. The largest absolute Gasteiger partial charge is 0.462 e. The van der Waals surface area contributed by atoms with Gasteiger partial charge in [-0.15, -0.1) is 0 Å². The lowest BCUT2D eigenvalue weighted by atomic mass is 9.48. The predicted molar refractivity (Wildman–Crippen MR) is 92.3 cm³/mol. The fourth-order valence-electron chi connectivity index (χ4n) is 6.73. The van der Waals surface area contributed by atoms with Gasteiger partial charge in [-0.3, -0.25) is 9.59 Å². The summed E-state index contributed by atoms with van der Waals surface area (Å²) in [4.78, 5) is 23.7. The van der Waals surface area contributed by atoms with Crippen molar-refractivity contribution in [3.05, 3.63) is 11.6 Å². The highest BCUT2D eigenvalue weighted by atomic mass is 16.5. The van der Waals surface area contributed by atoms with E-state index in [1.165, 1.54) is 18.9 Å². The van der Waals surface area contributed by atoms with Crippen LogP contribution in [0, 0.1) is 28.6 Å². The highest BCUT2D eigenvalue weighted by Gasteiger charge is 2.58. The van der Waals surface area contributed by atoms with Crippen LogP contribution >= 0.6 is 0 Å². The Labute approximate surface area is 145 Å². The van der Waals surface area contributed by atoms with E-state index < -0.39 is 0 Å². The van der Waals surface area contributed by atoms with Gasteiger partial charge >= 0.3 is 5.97 Å². The summed E-state index contributed by atoms with van der Waals surface area (Å²) in [5.41, 5.74) is 1.74. The normalized spacial score (nSPS) is 47.3. The molecule has 0 bridgehead atoms. The number of carbonyl (C=O) groups is 2. The van der Waals surface area contributed by atoms with Gasteiger partial charge in [0.1, 0.15) is 11.9 Å². The van der Waals surface area contributed by atoms with Crippen LogP contribution in [0.4, 0.5) is 0 Å². The van der Waals surface area contributed by atoms with Crippen LogP contribution in [0.15, 0.2) is 11.6 Å². The van der Waals surface area contributed by atoms with Gasteiger partial charge in [-0.05, 0) is 61.7 Å². The lowest BCUT2D eigenvalue weighted by molar-refractivity contribution is -0.148. The third-order valence-electron chi connectivity index (χ3n) is 8.10. The van der Waals surface area contributed by atoms with Gasteiger partial charge in [0.25, 0.3) is 0 Å². The fourth-order valence-corrected chi connectivity index (χ4v) is 6.73. The number of rotatable bonds is 1. The first-order chi connectivity index (χ1) is 11.3. The minimum atomic E-state index is -0.157. The van der Waals surface area contributed by atoms with Gasteiger partial charge in [0.15, 0.2) is 0 Å². The summed E-state index contributed by atoms with van der Waals surface area (Å²) in [6.45, 7) is 6.19. The van der Waals surface area contributed by atoms with Gasteiger partial charge in [-0.1, -0.05) is 25.5 Å². The smallest absolute Gasteiger partial charge is 0.302 e. The number of ether oxygens (including phenoxy) is 1. The van der Waals surface area contributed by atoms with Gasteiger partial charge in [0.05, 0.1) is 0 Å². The second-order valence-electron chi connectivity index (χ2n) is 9.15. The number of carbonyl (C=O) groups excluding carboxylic acids is 2. The molecule has 0 amide bonds. The Morgan fingerprint density at radius 3 is 2.58 bits per heavy atom. The standard InChI is InChI=1S/C21H30O3/c1-13(22)24-15-8-10-20(2)14(12-15)4-5-16-17-6-7-19(23)21(17,3)11-9-18(16)20/h4,15-18H,5-12H2,1-3H3/t15-,16-,17-,18-,20-,21-/m1/s1.